The van der Waals surface area contributed by atoms with Crippen LogP contribution in [0, 0.1) is 6.92 Å². The molecule has 3 rings (SSSR count). The van der Waals surface area contributed by atoms with E-state index < -0.39 is 0 Å². The van der Waals surface area contributed by atoms with Crippen molar-refractivity contribution in [3.8, 4) is 5.75 Å². The van der Waals surface area contributed by atoms with E-state index in [4.69, 9.17) is 4.74 Å². The third-order valence-electron chi connectivity index (χ3n) is 4.90. The van der Waals surface area contributed by atoms with Crippen molar-refractivity contribution in [2.75, 3.05) is 26.2 Å². The van der Waals surface area contributed by atoms with E-state index in [0.29, 0.717) is 6.54 Å². The van der Waals surface area contributed by atoms with E-state index in [0.717, 1.165) is 24.4 Å². The van der Waals surface area contributed by atoms with Gasteiger partial charge in [-0.25, -0.2) is 0 Å². The standard InChI is InChI=1S/C21H28N2O2S.ClH/c1-17-9-4-5-10-19(17)25-16-21(24)22-15-18(20-11-8-14-26-20)23-12-6-2-3-7-13-23;/h4-5,8-11,14,18H,2-3,6-7,12-13,15-16H2,1H3,(H,22,24);1H. The summed E-state index contributed by atoms with van der Waals surface area (Å²) in [5, 5.41) is 5.19. The van der Waals surface area contributed by atoms with Crippen molar-refractivity contribution >= 4 is 29.7 Å². The number of carbonyl (C=O) groups is 1. The Balaban J connectivity index is 0.00000261. The number of para-hydroxylation sites is 1. The number of likely N-dealkylation sites (tertiary alicyclic amines) is 1. The van der Waals surface area contributed by atoms with Crippen LogP contribution in [0.25, 0.3) is 0 Å². The van der Waals surface area contributed by atoms with Gasteiger partial charge in [-0.2, -0.15) is 0 Å². The molecule has 0 spiro atoms. The Morgan fingerprint density at radius 3 is 2.56 bits per heavy atom. The van der Waals surface area contributed by atoms with Gasteiger partial charge in [0.2, 0.25) is 0 Å². The molecule has 6 heteroatoms. The predicted octanol–water partition coefficient (Wildman–Crippen LogP) is 4.59. The Labute approximate surface area is 172 Å². The van der Waals surface area contributed by atoms with Gasteiger partial charge >= 0.3 is 0 Å². The van der Waals surface area contributed by atoms with Gasteiger partial charge in [0.1, 0.15) is 5.75 Å². The van der Waals surface area contributed by atoms with Crippen molar-refractivity contribution < 1.29 is 9.53 Å². The number of rotatable bonds is 7. The van der Waals surface area contributed by atoms with Crippen molar-refractivity contribution in [2.45, 2.75) is 38.6 Å². The van der Waals surface area contributed by atoms with Crippen LogP contribution in [-0.4, -0.2) is 37.0 Å². The van der Waals surface area contributed by atoms with Crippen LogP contribution in [0.5, 0.6) is 5.75 Å². The molecule has 0 bridgehead atoms. The molecule has 27 heavy (non-hydrogen) atoms. The first-order valence-corrected chi connectivity index (χ1v) is 10.3. The van der Waals surface area contributed by atoms with Gasteiger partial charge in [0.15, 0.2) is 6.61 Å². The minimum atomic E-state index is -0.0652. The zero-order chi connectivity index (χ0) is 18.2. The second-order valence-corrected chi connectivity index (χ2v) is 7.82. The van der Waals surface area contributed by atoms with E-state index in [1.807, 2.05) is 31.2 Å². The molecular formula is C21H29ClN2O2S. The van der Waals surface area contributed by atoms with E-state index >= 15 is 0 Å². The van der Waals surface area contributed by atoms with Gasteiger partial charge in [-0.15, -0.1) is 23.7 Å². The Hall–Kier alpha value is -1.56. The summed E-state index contributed by atoms with van der Waals surface area (Å²) in [6.07, 6.45) is 5.10. The lowest BCUT2D eigenvalue weighted by molar-refractivity contribution is -0.123. The molecule has 1 aliphatic rings. The topological polar surface area (TPSA) is 41.6 Å². The minimum absolute atomic E-state index is 0. The molecule has 4 nitrogen and oxygen atoms in total. The van der Waals surface area contributed by atoms with Crippen LogP contribution in [0.1, 0.15) is 42.2 Å². The summed E-state index contributed by atoms with van der Waals surface area (Å²) in [6.45, 7) is 4.90. The van der Waals surface area contributed by atoms with Crippen LogP contribution in [0.3, 0.4) is 0 Å². The van der Waals surface area contributed by atoms with Crippen molar-refractivity contribution in [3.05, 3.63) is 52.2 Å². The van der Waals surface area contributed by atoms with Gasteiger partial charge in [-0.05, 0) is 55.9 Å². The van der Waals surface area contributed by atoms with Crippen molar-refractivity contribution in [3.63, 3.8) is 0 Å². The fourth-order valence-corrected chi connectivity index (χ4v) is 4.28. The highest BCUT2D eigenvalue weighted by Gasteiger charge is 2.23. The lowest BCUT2D eigenvalue weighted by atomic mass is 10.2. The molecule has 1 saturated heterocycles. The smallest absolute Gasteiger partial charge is 0.258 e. The molecular weight excluding hydrogens is 380 g/mol. The van der Waals surface area contributed by atoms with E-state index in [1.54, 1.807) is 11.3 Å². The molecule has 1 amide bonds. The van der Waals surface area contributed by atoms with Crippen molar-refractivity contribution in [1.82, 2.24) is 10.2 Å². The van der Waals surface area contributed by atoms with Crippen molar-refractivity contribution in [1.29, 1.82) is 0 Å². The molecule has 1 aliphatic heterocycles. The number of aryl methyl sites for hydroxylation is 1. The molecule has 148 valence electrons. The maximum atomic E-state index is 12.3. The van der Waals surface area contributed by atoms with Gasteiger partial charge in [0, 0.05) is 11.4 Å². The predicted molar refractivity (Wildman–Crippen MR) is 114 cm³/mol. The first-order valence-electron chi connectivity index (χ1n) is 9.46. The number of nitrogens with zero attached hydrogens (tertiary/aromatic N) is 1. The first-order chi connectivity index (χ1) is 12.7. The second kappa shape index (κ2) is 11.3. The Kier molecular flexibility index (Phi) is 9.11. The third-order valence-corrected chi connectivity index (χ3v) is 5.87. The number of ether oxygens (including phenoxy) is 1. The molecule has 1 aromatic carbocycles. The summed E-state index contributed by atoms with van der Waals surface area (Å²) < 4.78 is 5.66. The summed E-state index contributed by atoms with van der Waals surface area (Å²) in [4.78, 5) is 16.2. The number of halogens is 1. The van der Waals surface area contributed by atoms with Crippen LogP contribution < -0.4 is 10.1 Å². The molecule has 0 saturated carbocycles. The van der Waals surface area contributed by atoms with E-state index in [9.17, 15) is 4.79 Å². The maximum Gasteiger partial charge on any atom is 0.258 e. The summed E-state index contributed by atoms with van der Waals surface area (Å²) in [5.74, 6) is 0.703. The minimum Gasteiger partial charge on any atom is -0.484 e. The third kappa shape index (κ3) is 6.52. The average molecular weight is 409 g/mol. The molecule has 1 atom stereocenters. The van der Waals surface area contributed by atoms with Crippen LogP contribution in [-0.2, 0) is 4.79 Å². The maximum absolute atomic E-state index is 12.3. The lowest BCUT2D eigenvalue weighted by Gasteiger charge is -2.30. The van der Waals surface area contributed by atoms with Crippen LogP contribution in [0.15, 0.2) is 41.8 Å². The molecule has 0 radical (unpaired) electrons. The number of amides is 1. The summed E-state index contributed by atoms with van der Waals surface area (Å²) >= 11 is 1.77. The molecule has 0 aliphatic carbocycles. The highest BCUT2D eigenvalue weighted by molar-refractivity contribution is 7.10. The summed E-state index contributed by atoms with van der Waals surface area (Å²) in [6, 6.07) is 12.3. The molecule has 1 unspecified atom stereocenters. The number of hydrogen-bond donors (Lipinski definition) is 1. The highest BCUT2D eigenvalue weighted by Crippen LogP contribution is 2.27. The fourth-order valence-electron chi connectivity index (χ4n) is 3.42. The second-order valence-electron chi connectivity index (χ2n) is 6.84. The molecule has 1 aromatic heterocycles. The van der Waals surface area contributed by atoms with E-state index in [1.165, 1.54) is 30.6 Å². The lowest BCUT2D eigenvalue weighted by Crippen LogP contribution is -2.39. The van der Waals surface area contributed by atoms with E-state index in [2.05, 4.69) is 27.7 Å². The average Bonchev–Trinajstić information content (AvgIpc) is 3.04. The molecule has 1 N–H and O–H groups in total. The van der Waals surface area contributed by atoms with Crippen LogP contribution in [0.2, 0.25) is 0 Å². The zero-order valence-corrected chi connectivity index (χ0v) is 17.5. The molecule has 2 heterocycles. The largest absolute Gasteiger partial charge is 0.484 e. The first kappa shape index (κ1) is 21.7. The van der Waals surface area contributed by atoms with Crippen molar-refractivity contribution in [2.24, 2.45) is 0 Å². The number of thiophene rings is 1. The summed E-state index contributed by atoms with van der Waals surface area (Å²) in [5.41, 5.74) is 1.04. The zero-order valence-electron chi connectivity index (χ0n) is 15.9. The Morgan fingerprint density at radius 2 is 1.89 bits per heavy atom. The van der Waals surface area contributed by atoms with Gasteiger partial charge < -0.3 is 10.1 Å². The van der Waals surface area contributed by atoms with Gasteiger partial charge in [-0.3, -0.25) is 9.69 Å². The number of nitrogens with one attached hydrogen (secondary N) is 1. The van der Waals surface area contributed by atoms with Gasteiger partial charge in [-0.1, -0.05) is 37.1 Å². The van der Waals surface area contributed by atoms with Gasteiger partial charge in [0.05, 0.1) is 6.04 Å². The molecule has 2 aromatic rings. The molecule has 1 fully saturated rings. The highest BCUT2D eigenvalue weighted by atomic mass is 35.5. The van der Waals surface area contributed by atoms with Gasteiger partial charge in [0.25, 0.3) is 5.91 Å². The van der Waals surface area contributed by atoms with Crippen LogP contribution in [0.4, 0.5) is 0 Å². The fraction of sp³-hybridized carbons (Fsp3) is 0.476. The monoisotopic (exact) mass is 408 g/mol. The normalized spacial score (nSPS) is 16.0. The quantitative estimate of drug-likeness (QED) is 0.728. The Bertz CT molecular complexity index is 685. The Morgan fingerprint density at radius 1 is 1.15 bits per heavy atom. The van der Waals surface area contributed by atoms with Crippen LogP contribution >= 0.6 is 23.7 Å². The number of hydrogen-bond acceptors (Lipinski definition) is 4. The number of benzene rings is 1. The van der Waals surface area contributed by atoms with E-state index in [-0.39, 0.29) is 31.0 Å². The number of carbonyl (C=O) groups excluding carboxylic acids is 1. The SMILES string of the molecule is Cc1ccccc1OCC(=O)NCC(c1cccs1)N1CCCCCC1.Cl. The summed E-state index contributed by atoms with van der Waals surface area (Å²) in [7, 11) is 0.